The number of ether oxygens (including phenoxy) is 1. The predicted molar refractivity (Wildman–Crippen MR) is 116 cm³/mol. The Morgan fingerprint density at radius 1 is 1.10 bits per heavy atom. The van der Waals surface area contributed by atoms with Gasteiger partial charge in [-0.2, -0.15) is 0 Å². The van der Waals surface area contributed by atoms with E-state index in [1.165, 1.54) is 0 Å². The van der Waals surface area contributed by atoms with E-state index in [0.29, 0.717) is 0 Å². The number of rotatable bonds is 5. The topological polar surface area (TPSA) is 45.7 Å². The molecule has 0 radical (unpaired) electrons. The first-order valence-electron chi connectivity index (χ1n) is 9.79. The van der Waals surface area contributed by atoms with Gasteiger partial charge in [0.2, 0.25) is 0 Å². The van der Waals surface area contributed by atoms with E-state index < -0.39 is 0 Å². The Morgan fingerprint density at radius 3 is 2.55 bits per heavy atom. The van der Waals surface area contributed by atoms with Gasteiger partial charge in [0.05, 0.1) is 19.3 Å². The zero-order chi connectivity index (χ0) is 20.2. The lowest BCUT2D eigenvalue weighted by Crippen LogP contribution is -2.48. The number of benzene rings is 2. The number of methoxy groups -OCH3 is 1. The van der Waals surface area contributed by atoms with Gasteiger partial charge in [-0.3, -0.25) is 9.69 Å². The van der Waals surface area contributed by atoms with Crippen molar-refractivity contribution in [1.29, 1.82) is 0 Å². The summed E-state index contributed by atoms with van der Waals surface area (Å²) in [6, 6.07) is 15.8. The maximum atomic E-state index is 12.7. The zero-order valence-electron chi connectivity index (χ0n) is 16.8. The molecule has 2 heterocycles. The molecule has 0 spiro atoms. The highest BCUT2D eigenvalue weighted by Gasteiger charge is 2.22. The largest absolute Gasteiger partial charge is 0.497 e. The van der Waals surface area contributed by atoms with Crippen LogP contribution < -0.4 is 4.74 Å². The van der Waals surface area contributed by atoms with E-state index in [4.69, 9.17) is 9.72 Å². The molecule has 0 saturated carbocycles. The number of carbonyl (C=O) groups excluding carboxylic acids is 1. The first kappa shape index (κ1) is 19.6. The first-order valence-corrected chi connectivity index (χ1v) is 10.7. The first-order chi connectivity index (χ1) is 14.1. The summed E-state index contributed by atoms with van der Waals surface area (Å²) in [6.07, 6.45) is 0. The molecule has 29 heavy (non-hydrogen) atoms. The van der Waals surface area contributed by atoms with Gasteiger partial charge in [0.25, 0.3) is 5.91 Å². The Hall–Kier alpha value is -2.70. The number of nitrogens with zero attached hydrogens (tertiary/aromatic N) is 3. The molecule has 1 amide bonds. The van der Waals surface area contributed by atoms with Crippen molar-refractivity contribution in [3.8, 4) is 17.0 Å². The second kappa shape index (κ2) is 8.76. The zero-order valence-corrected chi connectivity index (χ0v) is 17.6. The summed E-state index contributed by atoms with van der Waals surface area (Å²) in [6.45, 7) is 6.09. The lowest BCUT2D eigenvalue weighted by Gasteiger charge is -2.34. The van der Waals surface area contributed by atoms with Crippen molar-refractivity contribution in [3.63, 3.8) is 0 Å². The van der Waals surface area contributed by atoms with Crippen LogP contribution in [0.1, 0.15) is 20.9 Å². The summed E-state index contributed by atoms with van der Waals surface area (Å²) >= 11 is 1.69. The minimum absolute atomic E-state index is 0.129. The Morgan fingerprint density at radius 2 is 1.86 bits per heavy atom. The summed E-state index contributed by atoms with van der Waals surface area (Å²) in [7, 11) is 1.67. The molecule has 150 valence electrons. The van der Waals surface area contributed by atoms with Crippen molar-refractivity contribution in [2.75, 3.05) is 33.3 Å². The van der Waals surface area contributed by atoms with E-state index in [0.717, 1.165) is 65.9 Å². The molecule has 1 aliphatic rings. The third-order valence-electron chi connectivity index (χ3n) is 5.22. The number of aromatic nitrogens is 1. The molecule has 3 aromatic rings. The van der Waals surface area contributed by atoms with Gasteiger partial charge in [0, 0.05) is 42.7 Å². The Bertz CT molecular complexity index is 976. The van der Waals surface area contributed by atoms with Crippen molar-refractivity contribution < 1.29 is 9.53 Å². The molecule has 0 N–H and O–H groups in total. The molecular formula is C23H25N3O2S. The number of thiazole rings is 1. The van der Waals surface area contributed by atoms with Gasteiger partial charge in [-0.05, 0) is 43.3 Å². The standard InChI is InChI=1S/C23H25N3O2S/c1-17-4-3-5-19(14-17)23(27)26-12-10-25(11-13-26)15-22-24-21(16-29-22)18-6-8-20(28-2)9-7-18/h3-9,14,16H,10-13,15H2,1-2H3. The Balaban J connectivity index is 1.33. The van der Waals surface area contributed by atoms with Crippen molar-refractivity contribution in [2.45, 2.75) is 13.5 Å². The second-order valence-electron chi connectivity index (χ2n) is 7.29. The molecule has 5 nitrogen and oxygen atoms in total. The molecule has 6 heteroatoms. The van der Waals surface area contributed by atoms with Crippen LogP contribution in [0.4, 0.5) is 0 Å². The molecule has 2 aromatic carbocycles. The van der Waals surface area contributed by atoms with Gasteiger partial charge in [-0.15, -0.1) is 11.3 Å². The van der Waals surface area contributed by atoms with Crippen LogP contribution in [0, 0.1) is 6.92 Å². The van der Waals surface area contributed by atoms with Crippen LogP contribution in [0.15, 0.2) is 53.9 Å². The van der Waals surface area contributed by atoms with Crippen LogP contribution in [0.25, 0.3) is 11.3 Å². The minimum Gasteiger partial charge on any atom is -0.497 e. The van der Waals surface area contributed by atoms with Crippen molar-refractivity contribution in [1.82, 2.24) is 14.8 Å². The SMILES string of the molecule is COc1ccc(-c2csc(CN3CCN(C(=O)c4cccc(C)c4)CC3)n2)cc1. The van der Waals surface area contributed by atoms with Crippen molar-refractivity contribution in [3.05, 3.63) is 70.0 Å². The van der Waals surface area contributed by atoms with E-state index in [-0.39, 0.29) is 5.91 Å². The van der Waals surface area contributed by atoms with Gasteiger partial charge in [-0.1, -0.05) is 17.7 Å². The van der Waals surface area contributed by atoms with E-state index in [2.05, 4.69) is 10.3 Å². The summed E-state index contributed by atoms with van der Waals surface area (Å²) in [4.78, 5) is 21.8. The number of amides is 1. The Labute approximate surface area is 175 Å². The average molecular weight is 408 g/mol. The third kappa shape index (κ3) is 4.66. The van der Waals surface area contributed by atoms with Crippen molar-refractivity contribution in [2.24, 2.45) is 0 Å². The third-order valence-corrected chi connectivity index (χ3v) is 6.05. The van der Waals surface area contributed by atoms with Crippen LogP contribution in [0.2, 0.25) is 0 Å². The molecule has 1 saturated heterocycles. The maximum Gasteiger partial charge on any atom is 0.253 e. The van der Waals surface area contributed by atoms with Crippen LogP contribution in [0.5, 0.6) is 5.75 Å². The fraction of sp³-hybridized carbons (Fsp3) is 0.304. The normalized spacial score (nSPS) is 14.8. The maximum absolute atomic E-state index is 12.7. The highest BCUT2D eigenvalue weighted by atomic mass is 32.1. The molecule has 1 fully saturated rings. The molecule has 0 aliphatic carbocycles. The predicted octanol–water partition coefficient (Wildman–Crippen LogP) is 4.09. The molecule has 4 rings (SSSR count). The Kier molecular flexibility index (Phi) is 5.92. The molecule has 0 atom stereocenters. The average Bonchev–Trinajstić information content (AvgIpc) is 3.22. The van der Waals surface area contributed by atoms with Gasteiger partial charge >= 0.3 is 0 Å². The number of piperazine rings is 1. The number of carbonyl (C=O) groups is 1. The molecule has 0 unspecified atom stereocenters. The van der Waals surface area contributed by atoms with Gasteiger partial charge < -0.3 is 9.64 Å². The highest BCUT2D eigenvalue weighted by molar-refractivity contribution is 7.09. The lowest BCUT2D eigenvalue weighted by molar-refractivity contribution is 0.0628. The molecule has 0 bridgehead atoms. The van der Waals surface area contributed by atoms with Gasteiger partial charge in [-0.25, -0.2) is 4.98 Å². The fourth-order valence-electron chi connectivity index (χ4n) is 3.54. The fourth-order valence-corrected chi connectivity index (χ4v) is 4.38. The molecule has 1 aliphatic heterocycles. The van der Waals surface area contributed by atoms with E-state index in [1.807, 2.05) is 60.4 Å². The van der Waals surface area contributed by atoms with Gasteiger partial charge in [0.15, 0.2) is 0 Å². The number of hydrogen-bond acceptors (Lipinski definition) is 5. The van der Waals surface area contributed by atoms with E-state index in [9.17, 15) is 4.79 Å². The van der Waals surface area contributed by atoms with Crippen LogP contribution in [0.3, 0.4) is 0 Å². The van der Waals surface area contributed by atoms with E-state index in [1.54, 1.807) is 18.4 Å². The van der Waals surface area contributed by atoms with Crippen LogP contribution in [-0.2, 0) is 6.54 Å². The summed E-state index contributed by atoms with van der Waals surface area (Å²) in [5.74, 6) is 0.978. The number of aryl methyl sites for hydroxylation is 1. The minimum atomic E-state index is 0.129. The van der Waals surface area contributed by atoms with Gasteiger partial charge in [0.1, 0.15) is 10.8 Å². The summed E-state index contributed by atoms with van der Waals surface area (Å²) < 4.78 is 5.22. The molecule has 1 aromatic heterocycles. The van der Waals surface area contributed by atoms with E-state index >= 15 is 0 Å². The monoisotopic (exact) mass is 407 g/mol. The van der Waals surface area contributed by atoms with Crippen LogP contribution >= 0.6 is 11.3 Å². The van der Waals surface area contributed by atoms with Crippen LogP contribution in [-0.4, -0.2) is 54.0 Å². The summed E-state index contributed by atoms with van der Waals surface area (Å²) in [5, 5.41) is 3.21. The second-order valence-corrected chi connectivity index (χ2v) is 8.24. The highest BCUT2D eigenvalue weighted by Crippen LogP contribution is 2.25. The lowest BCUT2D eigenvalue weighted by atomic mass is 10.1. The smallest absolute Gasteiger partial charge is 0.253 e. The van der Waals surface area contributed by atoms with Crippen molar-refractivity contribution >= 4 is 17.2 Å². The quantitative estimate of drug-likeness (QED) is 0.639. The molecular weight excluding hydrogens is 382 g/mol. The number of hydrogen-bond donors (Lipinski definition) is 0. The summed E-state index contributed by atoms with van der Waals surface area (Å²) in [5.41, 5.74) is 4.00.